The molecule has 0 fully saturated rings. The minimum absolute atomic E-state index is 0.0801. The smallest absolute Gasteiger partial charge is 0.339 e. The average Bonchev–Trinajstić information content (AvgIpc) is 2.80. The van der Waals surface area contributed by atoms with Crippen molar-refractivity contribution in [3.05, 3.63) is 64.0 Å². The van der Waals surface area contributed by atoms with Gasteiger partial charge in [-0.25, -0.2) is 4.79 Å². The van der Waals surface area contributed by atoms with Gasteiger partial charge in [0.05, 0.1) is 31.7 Å². The van der Waals surface area contributed by atoms with E-state index in [1.54, 1.807) is 26.4 Å². The first kappa shape index (κ1) is 22.7. The maximum atomic E-state index is 13.1. The highest BCUT2D eigenvalue weighted by Crippen LogP contribution is 2.39. The third-order valence-corrected chi connectivity index (χ3v) is 5.91. The Labute approximate surface area is 192 Å². The summed E-state index contributed by atoms with van der Waals surface area (Å²) in [5.74, 6) is 2.02. The van der Waals surface area contributed by atoms with Gasteiger partial charge < -0.3 is 23.5 Å². The molecule has 7 nitrogen and oxygen atoms in total. The van der Waals surface area contributed by atoms with Crippen LogP contribution < -0.4 is 19.8 Å². The normalized spacial score (nSPS) is 15.4. The number of ether oxygens (including phenoxy) is 3. The average molecular weight is 452 g/mol. The largest absolute Gasteiger partial charge is 0.493 e. The maximum absolute atomic E-state index is 13.1. The van der Waals surface area contributed by atoms with Gasteiger partial charge in [-0.2, -0.15) is 0 Å². The van der Waals surface area contributed by atoms with Crippen molar-refractivity contribution in [2.24, 2.45) is 5.92 Å². The van der Waals surface area contributed by atoms with Crippen LogP contribution >= 0.6 is 0 Å². The Kier molecular flexibility index (Phi) is 6.58. The molecule has 0 radical (unpaired) electrons. The maximum Gasteiger partial charge on any atom is 0.339 e. The number of nitrogens with zero attached hydrogens (tertiary/aromatic N) is 1. The number of carbonyl (C=O) groups is 1. The zero-order valence-corrected chi connectivity index (χ0v) is 19.4. The molecule has 3 aromatic rings. The Morgan fingerprint density at radius 1 is 1.09 bits per heavy atom. The SMILES string of the molecule is COc1cc2c(cc1OC)C(COc1cc(=O)oc3ccccc13)N(C(=O)CC(C)C)CC2. The number of benzene rings is 2. The molecule has 174 valence electrons. The van der Waals surface area contributed by atoms with Gasteiger partial charge in [-0.05, 0) is 47.7 Å². The fraction of sp³-hybridized carbons (Fsp3) is 0.385. The first-order valence-corrected chi connectivity index (χ1v) is 11.1. The highest BCUT2D eigenvalue weighted by Gasteiger charge is 2.33. The molecule has 0 saturated heterocycles. The molecular weight excluding hydrogens is 422 g/mol. The van der Waals surface area contributed by atoms with Crippen LogP contribution in [0.15, 0.2) is 51.7 Å². The van der Waals surface area contributed by atoms with Crippen molar-refractivity contribution in [2.45, 2.75) is 32.7 Å². The van der Waals surface area contributed by atoms with Crippen molar-refractivity contribution >= 4 is 16.9 Å². The lowest BCUT2D eigenvalue weighted by Gasteiger charge is -2.38. The summed E-state index contributed by atoms with van der Waals surface area (Å²) >= 11 is 0. The highest BCUT2D eigenvalue weighted by molar-refractivity contribution is 5.83. The number of hydrogen-bond donors (Lipinski definition) is 0. The topological polar surface area (TPSA) is 78.2 Å². The van der Waals surface area contributed by atoms with Crippen LogP contribution in [0.5, 0.6) is 17.2 Å². The standard InChI is InChI=1S/C26H29NO6/c1-16(2)11-25(28)27-10-9-17-12-23(30-3)24(31-4)13-19(17)20(27)15-32-22-14-26(29)33-21-8-6-5-7-18(21)22/h5-8,12-14,16,20H,9-11,15H2,1-4H3. The molecule has 1 aromatic heterocycles. The molecule has 1 atom stereocenters. The van der Waals surface area contributed by atoms with E-state index in [1.165, 1.54) is 6.07 Å². The molecule has 7 heteroatoms. The summed E-state index contributed by atoms with van der Waals surface area (Å²) in [4.78, 5) is 27.1. The molecule has 0 aliphatic carbocycles. The van der Waals surface area contributed by atoms with E-state index in [9.17, 15) is 9.59 Å². The summed E-state index contributed by atoms with van der Waals surface area (Å²) < 4.78 is 22.5. The van der Waals surface area contributed by atoms with Crippen LogP contribution in [0.4, 0.5) is 0 Å². The number of methoxy groups -OCH3 is 2. The number of hydrogen-bond acceptors (Lipinski definition) is 6. The van der Waals surface area contributed by atoms with E-state index in [1.807, 2.05) is 43.0 Å². The van der Waals surface area contributed by atoms with Crippen molar-refractivity contribution in [2.75, 3.05) is 27.4 Å². The van der Waals surface area contributed by atoms with Crippen molar-refractivity contribution in [3.8, 4) is 17.2 Å². The van der Waals surface area contributed by atoms with Gasteiger partial charge in [0, 0.05) is 13.0 Å². The molecule has 0 bridgehead atoms. The minimum Gasteiger partial charge on any atom is -0.493 e. The predicted octanol–water partition coefficient (Wildman–Crippen LogP) is 4.36. The highest BCUT2D eigenvalue weighted by atomic mass is 16.5. The van der Waals surface area contributed by atoms with Gasteiger partial charge in [0.15, 0.2) is 11.5 Å². The number of amides is 1. The Morgan fingerprint density at radius 3 is 2.55 bits per heavy atom. The fourth-order valence-electron chi connectivity index (χ4n) is 4.34. The third kappa shape index (κ3) is 4.67. The Hall–Kier alpha value is -3.48. The van der Waals surface area contributed by atoms with Crippen LogP contribution in [-0.2, 0) is 11.2 Å². The van der Waals surface area contributed by atoms with Crippen molar-refractivity contribution < 1.29 is 23.4 Å². The van der Waals surface area contributed by atoms with E-state index in [0.717, 1.165) is 11.1 Å². The lowest BCUT2D eigenvalue weighted by molar-refractivity contribution is -0.135. The molecule has 1 amide bonds. The molecule has 1 aliphatic rings. The zero-order valence-electron chi connectivity index (χ0n) is 19.4. The summed E-state index contributed by atoms with van der Waals surface area (Å²) in [6.07, 6.45) is 1.17. The summed E-state index contributed by atoms with van der Waals surface area (Å²) in [5, 5.41) is 0.709. The van der Waals surface area contributed by atoms with Crippen LogP contribution in [0, 0.1) is 5.92 Å². The number of para-hydroxylation sites is 1. The van der Waals surface area contributed by atoms with Gasteiger partial charge >= 0.3 is 5.63 Å². The molecule has 0 spiro atoms. The lowest BCUT2D eigenvalue weighted by atomic mass is 9.91. The molecule has 2 heterocycles. The van der Waals surface area contributed by atoms with E-state index < -0.39 is 5.63 Å². The molecule has 1 unspecified atom stereocenters. The van der Waals surface area contributed by atoms with Gasteiger partial charge in [-0.3, -0.25) is 4.79 Å². The van der Waals surface area contributed by atoms with Gasteiger partial charge in [0.2, 0.25) is 5.91 Å². The van der Waals surface area contributed by atoms with Crippen molar-refractivity contribution in [1.82, 2.24) is 4.90 Å². The Balaban J connectivity index is 1.72. The Morgan fingerprint density at radius 2 is 1.82 bits per heavy atom. The van der Waals surface area contributed by atoms with Crippen molar-refractivity contribution in [1.29, 1.82) is 0 Å². The zero-order chi connectivity index (χ0) is 23.5. The number of rotatable bonds is 7. The quantitative estimate of drug-likeness (QED) is 0.497. The second kappa shape index (κ2) is 9.57. The third-order valence-electron chi connectivity index (χ3n) is 5.91. The van der Waals surface area contributed by atoms with Crippen molar-refractivity contribution in [3.63, 3.8) is 0 Å². The number of fused-ring (bicyclic) bond motifs is 2. The molecule has 2 aromatic carbocycles. The van der Waals surface area contributed by atoms with E-state index >= 15 is 0 Å². The fourth-order valence-corrected chi connectivity index (χ4v) is 4.34. The molecule has 1 aliphatic heterocycles. The van der Waals surface area contributed by atoms with Gasteiger partial charge in [-0.15, -0.1) is 0 Å². The van der Waals surface area contributed by atoms with Crippen LogP contribution in [0.3, 0.4) is 0 Å². The van der Waals surface area contributed by atoms with E-state index in [4.69, 9.17) is 18.6 Å². The van der Waals surface area contributed by atoms with Gasteiger partial charge in [0.25, 0.3) is 0 Å². The molecule has 0 N–H and O–H groups in total. The lowest BCUT2D eigenvalue weighted by Crippen LogP contribution is -2.43. The van der Waals surface area contributed by atoms with Crippen LogP contribution in [0.1, 0.15) is 37.4 Å². The van der Waals surface area contributed by atoms with E-state index in [2.05, 4.69) is 0 Å². The molecule has 0 saturated carbocycles. The van der Waals surface area contributed by atoms with Gasteiger partial charge in [-0.1, -0.05) is 26.0 Å². The second-order valence-electron chi connectivity index (χ2n) is 8.59. The summed E-state index contributed by atoms with van der Waals surface area (Å²) in [6.45, 7) is 4.84. The van der Waals surface area contributed by atoms with Crippen LogP contribution in [-0.4, -0.2) is 38.2 Å². The first-order chi connectivity index (χ1) is 15.9. The van der Waals surface area contributed by atoms with E-state index in [0.29, 0.717) is 47.6 Å². The summed E-state index contributed by atoms with van der Waals surface area (Å²) in [7, 11) is 3.20. The second-order valence-corrected chi connectivity index (χ2v) is 8.59. The predicted molar refractivity (Wildman–Crippen MR) is 125 cm³/mol. The number of carbonyl (C=O) groups excluding carboxylic acids is 1. The Bertz CT molecular complexity index is 1220. The summed E-state index contributed by atoms with van der Waals surface area (Å²) in [5.41, 5.74) is 2.03. The molecular formula is C26H29NO6. The minimum atomic E-state index is -0.480. The summed E-state index contributed by atoms with van der Waals surface area (Å²) in [6, 6.07) is 12.2. The first-order valence-electron chi connectivity index (χ1n) is 11.1. The monoisotopic (exact) mass is 451 g/mol. The van der Waals surface area contributed by atoms with E-state index in [-0.39, 0.29) is 24.5 Å². The molecule has 4 rings (SSSR count). The van der Waals surface area contributed by atoms with Crippen LogP contribution in [0.25, 0.3) is 11.0 Å². The molecule has 33 heavy (non-hydrogen) atoms. The van der Waals surface area contributed by atoms with Crippen LogP contribution in [0.2, 0.25) is 0 Å². The van der Waals surface area contributed by atoms with Gasteiger partial charge in [0.1, 0.15) is 17.9 Å².